The SMILES string of the molecule is CC(OP(C)(=O)O)c1ccccc1. The fraction of sp³-hybridized carbons (Fsp3) is 0.333. The van der Waals surface area contributed by atoms with Crippen molar-refractivity contribution in [1.29, 1.82) is 0 Å². The summed E-state index contributed by atoms with van der Waals surface area (Å²) in [5.41, 5.74) is 0.902. The molecule has 3 nitrogen and oxygen atoms in total. The molecule has 0 aromatic heterocycles. The van der Waals surface area contributed by atoms with Crippen molar-refractivity contribution >= 4 is 7.60 Å². The maximum Gasteiger partial charge on any atom is 0.325 e. The number of rotatable bonds is 3. The Kier molecular flexibility index (Phi) is 3.26. The molecule has 72 valence electrons. The molecule has 0 heterocycles. The molecule has 2 unspecified atom stereocenters. The summed E-state index contributed by atoms with van der Waals surface area (Å²) in [4.78, 5) is 8.98. The third-order valence-corrected chi connectivity index (χ3v) is 2.33. The average Bonchev–Trinajstić information content (AvgIpc) is 2.03. The topological polar surface area (TPSA) is 46.5 Å². The Morgan fingerprint density at radius 3 is 2.38 bits per heavy atom. The first kappa shape index (κ1) is 10.5. The summed E-state index contributed by atoms with van der Waals surface area (Å²) in [5, 5.41) is 0. The molecule has 0 radical (unpaired) electrons. The first-order valence-corrected chi connectivity index (χ1v) is 6.05. The Bertz CT molecular complexity index is 304. The molecule has 4 heteroatoms. The lowest BCUT2D eigenvalue weighted by molar-refractivity contribution is 0.196. The highest BCUT2D eigenvalue weighted by atomic mass is 31.2. The van der Waals surface area contributed by atoms with Gasteiger partial charge in [0.2, 0.25) is 0 Å². The molecule has 0 saturated heterocycles. The molecule has 0 amide bonds. The van der Waals surface area contributed by atoms with Gasteiger partial charge in [-0.2, -0.15) is 0 Å². The third kappa shape index (κ3) is 3.73. The summed E-state index contributed by atoms with van der Waals surface area (Å²) in [6.07, 6.45) is -0.345. The predicted molar refractivity (Wildman–Crippen MR) is 51.7 cm³/mol. The lowest BCUT2D eigenvalue weighted by atomic mass is 10.1. The number of hydrogen-bond acceptors (Lipinski definition) is 2. The molecule has 1 rings (SSSR count). The van der Waals surface area contributed by atoms with Gasteiger partial charge in [0, 0.05) is 6.66 Å². The number of benzene rings is 1. The van der Waals surface area contributed by atoms with Gasteiger partial charge in [0.25, 0.3) is 0 Å². The van der Waals surface area contributed by atoms with Gasteiger partial charge in [0.05, 0.1) is 6.10 Å². The minimum atomic E-state index is -3.39. The van der Waals surface area contributed by atoms with Crippen LogP contribution in [-0.4, -0.2) is 11.6 Å². The van der Waals surface area contributed by atoms with Crippen LogP contribution in [0.2, 0.25) is 0 Å². The molecule has 0 spiro atoms. The van der Waals surface area contributed by atoms with E-state index in [0.717, 1.165) is 5.56 Å². The minimum Gasteiger partial charge on any atom is -0.324 e. The fourth-order valence-corrected chi connectivity index (χ4v) is 1.79. The van der Waals surface area contributed by atoms with Crippen LogP contribution in [0.25, 0.3) is 0 Å². The molecular weight excluding hydrogens is 187 g/mol. The monoisotopic (exact) mass is 200 g/mol. The van der Waals surface area contributed by atoms with E-state index < -0.39 is 7.60 Å². The molecule has 0 bridgehead atoms. The van der Waals surface area contributed by atoms with Crippen LogP contribution >= 0.6 is 7.60 Å². The molecule has 0 aliphatic rings. The zero-order valence-corrected chi connectivity index (χ0v) is 8.57. The molecule has 0 aliphatic carbocycles. The van der Waals surface area contributed by atoms with E-state index in [9.17, 15) is 4.57 Å². The molecule has 2 atom stereocenters. The van der Waals surface area contributed by atoms with Gasteiger partial charge in [0.1, 0.15) is 0 Å². The van der Waals surface area contributed by atoms with Crippen molar-refractivity contribution in [1.82, 2.24) is 0 Å². The molecule has 1 aromatic rings. The summed E-state index contributed by atoms with van der Waals surface area (Å²) >= 11 is 0. The van der Waals surface area contributed by atoms with E-state index in [1.54, 1.807) is 6.92 Å². The average molecular weight is 200 g/mol. The van der Waals surface area contributed by atoms with Crippen molar-refractivity contribution in [3.8, 4) is 0 Å². The van der Waals surface area contributed by atoms with E-state index in [1.807, 2.05) is 30.3 Å². The van der Waals surface area contributed by atoms with Crippen molar-refractivity contribution in [2.24, 2.45) is 0 Å². The second-order valence-electron chi connectivity index (χ2n) is 2.96. The zero-order chi connectivity index (χ0) is 9.90. The van der Waals surface area contributed by atoms with Crippen LogP contribution in [0.5, 0.6) is 0 Å². The maximum absolute atomic E-state index is 10.9. The summed E-state index contributed by atoms with van der Waals surface area (Å²) in [7, 11) is -3.39. The van der Waals surface area contributed by atoms with Gasteiger partial charge in [-0.15, -0.1) is 0 Å². The Morgan fingerprint density at radius 1 is 1.38 bits per heavy atom. The molecule has 13 heavy (non-hydrogen) atoms. The molecule has 0 aliphatic heterocycles. The molecule has 1 N–H and O–H groups in total. The zero-order valence-electron chi connectivity index (χ0n) is 7.68. The van der Waals surface area contributed by atoms with Gasteiger partial charge in [-0.25, -0.2) is 0 Å². The van der Waals surface area contributed by atoms with Gasteiger partial charge in [-0.05, 0) is 12.5 Å². The summed E-state index contributed by atoms with van der Waals surface area (Å²) < 4.78 is 15.9. The largest absolute Gasteiger partial charge is 0.325 e. The van der Waals surface area contributed by atoms with Crippen LogP contribution in [0.3, 0.4) is 0 Å². The summed E-state index contributed by atoms with van der Waals surface area (Å²) in [6.45, 7) is 2.94. The van der Waals surface area contributed by atoms with Crippen molar-refractivity contribution in [3.63, 3.8) is 0 Å². The molecular formula is C9H13O3P. The molecule has 0 fully saturated rings. The highest BCUT2D eigenvalue weighted by Crippen LogP contribution is 2.42. The minimum absolute atomic E-state index is 0.345. The standard InChI is InChI=1S/C9H13O3P/c1-8(12-13(2,10)11)9-6-4-3-5-7-9/h3-8H,1-2H3,(H,10,11). The van der Waals surface area contributed by atoms with E-state index in [-0.39, 0.29) is 6.10 Å². The van der Waals surface area contributed by atoms with Crippen molar-refractivity contribution in [2.45, 2.75) is 13.0 Å². The smallest absolute Gasteiger partial charge is 0.324 e. The normalized spacial score (nSPS) is 17.8. The number of hydrogen-bond donors (Lipinski definition) is 1. The van der Waals surface area contributed by atoms with Gasteiger partial charge in [0.15, 0.2) is 0 Å². The van der Waals surface area contributed by atoms with Crippen LogP contribution in [0.15, 0.2) is 30.3 Å². The van der Waals surface area contributed by atoms with Crippen LogP contribution in [0.4, 0.5) is 0 Å². The second kappa shape index (κ2) is 4.05. The van der Waals surface area contributed by atoms with Crippen LogP contribution in [0, 0.1) is 0 Å². The molecule has 1 aromatic carbocycles. The lowest BCUT2D eigenvalue weighted by Crippen LogP contribution is -1.96. The lowest BCUT2D eigenvalue weighted by Gasteiger charge is -2.14. The Labute approximate surface area is 77.9 Å². The quantitative estimate of drug-likeness (QED) is 0.763. The fourth-order valence-electron chi connectivity index (χ4n) is 1.08. The third-order valence-electron chi connectivity index (χ3n) is 1.62. The van der Waals surface area contributed by atoms with Crippen molar-refractivity contribution in [3.05, 3.63) is 35.9 Å². The Morgan fingerprint density at radius 2 is 1.92 bits per heavy atom. The predicted octanol–water partition coefficient (Wildman–Crippen LogP) is 2.58. The first-order chi connectivity index (χ1) is 5.99. The van der Waals surface area contributed by atoms with E-state index in [2.05, 4.69) is 0 Å². The summed E-state index contributed by atoms with van der Waals surface area (Å²) in [6, 6.07) is 9.35. The summed E-state index contributed by atoms with van der Waals surface area (Å²) in [5.74, 6) is 0. The van der Waals surface area contributed by atoms with E-state index in [0.29, 0.717) is 0 Å². The van der Waals surface area contributed by atoms with Crippen molar-refractivity contribution < 1.29 is 14.0 Å². The van der Waals surface area contributed by atoms with Crippen LogP contribution in [0.1, 0.15) is 18.6 Å². The van der Waals surface area contributed by atoms with Gasteiger partial charge in [-0.3, -0.25) is 4.57 Å². The van der Waals surface area contributed by atoms with Gasteiger partial charge in [-0.1, -0.05) is 30.3 Å². The van der Waals surface area contributed by atoms with Crippen LogP contribution in [-0.2, 0) is 9.09 Å². The highest BCUT2D eigenvalue weighted by molar-refractivity contribution is 7.51. The van der Waals surface area contributed by atoms with Crippen molar-refractivity contribution in [2.75, 3.05) is 6.66 Å². The van der Waals surface area contributed by atoms with Gasteiger partial charge >= 0.3 is 7.60 Å². The first-order valence-electron chi connectivity index (χ1n) is 4.02. The Hall–Kier alpha value is -0.630. The maximum atomic E-state index is 10.9. The Balaban J connectivity index is 2.70. The molecule has 0 saturated carbocycles. The van der Waals surface area contributed by atoms with E-state index >= 15 is 0 Å². The second-order valence-corrected chi connectivity index (χ2v) is 4.78. The van der Waals surface area contributed by atoms with E-state index in [4.69, 9.17) is 9.42 Å². The highest BCUT2D eigenvalue weighted by Gasteiger charge is 2.16. The van der Waals surface area contributed by atoms with E-state index in [1.165, 1.54) is 6.66 Å². The van der Waals surface area contributed by atoms with Gasteiger partial charge < -0.3 is 9.42 Å². The van der Waals surface area contributed by atoms with Crippen LogP contribution < -0.4 is 0 Å².